The van der Waals surface area contributed by atoms with Crippen LogP contribution < -0.4 is 4.74 Å². The summed E-state index contributed by atoms with van der Waals surface area (Å²) in [5.74, 6) is -69.0. The van der Waals surface area contributed by atoms with Crippen molar-refractivity contribution in [1.29, 1.82) is 0 Å². The van der Waals surface area contributed by atoms with Crippen LogP contribution >= 0.6 is 0 Å². The van der Waals surface area contributed by atoms with E-state index in [1.807, 2.05) is 0 Å². The van der Waals surface area contributed by atoms with E-state index >= 15 is 0 Å². The van der Waals surface area contributed by atoms with Gasteiger partial charge in [-0.1, -0.05) is 29.8 Å². The van der Waals surface area contributed by atoms with Crippen molar-refractivity contribution >= 4 is 0 Å². The number of nitrogens with zero attached hydrogens (tertiary/aromatic N) is 2. The molecule has 0 aliphatic heterocycles. The highest BCUT2D eigenvalue weighted by molar-refractivity contribution is 5.60. The highest BCUT2D eigenvalue weighted by Gasteiger charge is 2.91. The number of rotatable bonds is 15. The van der Waals surface area contributed by atoms with Gasteiger partial charge in [-0.15, -0.1) is 0 Å². The molecule has 1 aromatic carbocycles. The molecule has 304 valence electrons. The summed E-state index contributed by atoms with van der Waals surface area (Å²) in [6, 6.07) is 3.23. The number of hydrogen-bond acceptors (Lipinski definition) is 4. The van der Waals surface area contributed by atoms with Gasteiger partial charge in [-0.3, -0.25) is 0 Å². The molecular weight excluding hydrogens is 816 g/mol. The topological polar surface area (TPSA) is 44.2 Å². The van der Waals surface area contributed by atoms with E-state index in [1.54, 1.807) is 0 Å². The summed E-state index contributed by atoms with van der Waals surface area (Å²) in [6.45, 7) is -6.99. The molecular formula is C25H14F24N2O2. The molecule has 0 atom stereocenters. The Morgan fingerprint density at radius 1 is 0.472 bits per heavy atom. The summed E-state index contributed by atoms with van der Waals surface area (Å²) in [5.41, 5.74) is -1.74. The Morgan fingerprint density at radius 2 is 0.849 bits per heavy atom. The van der Waals surface area contributed by atoms with Crippen molar-refractivity contribution in [1.82, 2.24) is 9.97 Å². The molecule has 0 saturated carbocycles. The third-order valence-electron chi connectivity index (χ3n) is 6.62. The van der Waals surface area contributed by atoms with Gasteiger partial charge < -0.3 is 9.47 Å². The average molecular weight is 830 g/mol. The van der Waals surface area contributed by atoms with Crippen LogP contribution in [0.1, 0.15) is 11.3 Å². The van der Waals surface area contributed by atoms with E-state index in [2.05, 4.69) is 19.4 Å². The fraction of sp³-hybridized carbons (Fsp3) is 0.600. The van der Waals surface area contributed by atoms with Crippen LogP contribution in [0.4, 0.5) is 105 Å². The Morgan fingerprint density at radius 3 is 1.26 bits per heavy atom. The summed E-state index contributed by atoms with van der Waals surface area (Å²) in [7, 11) is 0. The minimum Gasteiger partial charge on any atom is -0.457 e. The fourth-order valence-corrected chi connectivity index (χ4v) is 3.51. The van der Waals surface area contributed by atoms with Crippen LogP contribution in [0.15, 0.2) is 30.3 Å². The number of ether oxygens (including phenoxy) is 2. The molecule has 1 aromatic heterocycles. The van der Waals surface area contributed by atoms with Crippen LogP contribution in [0, 0.1) is 6.92 Å². The van der Waals surface area contributed by atoms with E-state index in [4.69, 9.17) is 0 Å². The normalized spacial score (nSPS) is 15.2. The number of alkyl halides is 24. The van der Waals surface area contributed by atoms with Gasteiger partial charge in [0.25, 0.3) is 0 Å². The van der Waals surface area contributed by atoms with Gasteiger partial charge in [0.1, 0.15) is 6.61 Å². The molecule has 0 spiro atoms. The summed E-state index contributed by atoms with van der Waals surface area (Å²) >= 11 is 0. The molecule has 0 unspecified atom stereocenters. The number of benzene rings is 1. The molecule has 2 rings (SSSR count). The van der Waals surface area contributed by atoms with Gasteiger partial charge in [-0.2, -0.15) is 115 Å². The molecule has 0 radical (unpaired) electrons. The lowest BCUT2D eigenvalue weighted by Crippen LogP contribution is -2.70. The fourth-order valence-electron chi connectivity index (χ4n) is 3.51. The van der Waals surface area contributed by atoms with Gasteiger partial charge in [0, 0.05) is 5.56 Å². The smallest absolute Gasteiger partial charge is 0.457 e. The monoisotopic (exact) mass is 830 g/mol. The first-order valence-electron chi connectivity index (χ1n) is 13.0. The summed E-state index contributed by atoms with van der Waals surface area (Å²) < 4.78 is 327. The van der Waals surface area contributed by atoms with Gasteiger partial charge in [-0.25, -0.2) is 0 Å². The second-order valence-electron chi connectivity index (χ2n) is 10.6. The van der Waals surface area contributed by atoms with Crippen LogP contribution in [0.3, 0.4) is 0 Å². The van der Waals surface area contributed by atoms with Gasteiger partial charge in [0.2, 0.25) is 0 Å². The number of aromatic nitrogens is 2. The minimum atomic E-state index is -8.25. The lowest BCUT2D eigenvalue weighted by Gasteiger charge is -2.39. The largest absolute Gasteiger partial charge is 0.460 e. The molecule has 1 heterocycles. The molecule has 2 aromatic rings. The molecule has 28 heteroatoms. The van der Waals surface area contributed by atoms with Crippen molar-refractivity contribution < 1.29 is 115 Å². The maximum atomic E-state index is 14.1. The second-order valence-corrected chi connectivity index (χ2v) is 10.6. The van der Waals surface area contributed by atoms with Crippen LogP contribution in [0.5, 0.6) is 6.01 Å². The van der Waals surface area contributed by atoms with Crippen LogP contribution in [-0.2, 0) is 11.3 Å². The number of aryl methyl sites for hydroxylation is 1. The third-order valence-corrected chi connectivity index (χ3v) is 6.62. The Hall–Kier alpha value is -3.62. The van der Waals surface area contributed by atoms with Crippen molar-refractivity contribution in [2.75, 3.05) is 13.2 Å². The number of hydrogen-bond donors (Lipinski definition) is 0. The van der Waals surface area contributed by atoms with E-state index in [-0.39, 0.29) is 5.56 Å². The van der Waals surface area contributed by atoms with Crippen LogP contribution in [0.25, 0.3) is 11.3 Å². The van der Waals surface area contributed by atoms with Gasteiger partial charge in [-0.05, 0) is 13.0 Å². The van der Waals surface area contributed by atoms with Crippen molar-refractivity contribution in [3.63, 3.8) is 0 Å². The Labute approximate surface area is 277 Å². The lowest BCUT2D eigenvalue weighted by molar-refractivity contribution is -0.441. The second kappa shape index (κ2) is 13.6. The van der Waals surface area contributed by atoms with Gasteiger partial charge in [0.05, 0.1) is 18.0 Å². The summed E-state index contributed by atoms with van der Waals surface area (Å²) in [6.07, 6.45) is -15.2. The predicted octanol–water partition coefficient (Wildman–Crippen LogP) is 10.2. The van der Waals surface area contributed by atoms with E-state index in [0.29, 0.717) is 11.6 Å². The standard InChI is InChI=1S/C25H14F24N2O2/c1-10-2-4-11(5-3-10)13-6-12(7-52-8-15(26,27)17(30,31)19(34,35)21(38,39)23(42,43)25(47,48)49)50-14(51-13)53-9-16(28,29)18(32,33)20(36,37)22(40,41)24(44,45)46/h2-6H,7-9H2,1H3. The van der Waals surface area contributed by atoms with E-state index in [9.17, 15) is 105 Å². The highest BCUT2D eigenvalue weighted by Crippen LogP contribution is 2.61. The molecule has 4 nitrogen and oxygen atoms in total. The molecule has 53 heavy (non-hydrogen) atoms. The first-order chi connectivity index (χ1) is 23.3. The SMILES string of the molecule is Cc1ccc(-c2cc(COCC(F)(F)C(F)(F)C(F)(F)C(F)(F)C(F)(F)C(F)(F)F)nc(OCC(F)(F)C(F)(F)C(F)(F)C(F)(F)C(F)(F)F)n2)cc1. The average Bonchev–Trinajstić information content (AvgIpc) is 2.98. The van der Waals surface area contributed by atoms with Gasteiger partial charge >= 0.3 is 71.7 Å². The van der Waals surface area contributed by atoms with Crippen molar-refractivity contribution in [2.45, 2.75) is 79.2 Å². The minimum absolute atomic E-state index is 0.248. The molecule has 0 aliphatic carbocycles. The van der Waals surface area contributed by atoms with Gasteiger partial charge in [0.15, 0.2) is 6.61 Å². The molecule has 0 fully saturated rings. The molecule has 0 N–H and O–H groups in total. The van der Waals surface area contributed by atoms with Crippen LogP contribution in [0.2, 0.25) is 0 Å². The summed E-state index contributed by atoms with van der Waals surface area (Å²) in [4.78, 5) is 6.23. The molecule has 0 bridgehead atoms. The van der Waals surface area contributed by atoms with E-state index in [0.717, 1.165) is 12.1 Å². The van der Waals surface area contributed by atoms with Crippen molar-refractivity contribution in [3.05, 3.63) is 41.6 Å². The van der Waals surface area contributed by atoms with E-state index in [1.165, 1.54) is 19.1 Å². The summed E-state index contributed by atoms with van der Waals surface area (Å²) in [5, 5.41) is 0. The quantitative estimate of drug-likeness (QED) is 0.168. The first-order valence-corrected chi connectivity index (χ1v) is 13.0. The molecule has 0 amide bonds. The van der Waals surface area contributed by atoms with Crippen LogP contribution in [-0.4, -0.2) is 88.8 Å². The predicted molar refractivity (Wildman–Crippen MR) is 124 cm³/mol. The molecule has 0 aliphatic rings. The molecule has 0 saturated heterocycles. The Bertz CT molecular complexity index is 1580. The third kappa shape index (κ3) is 7.68. The lowest BCUT2D eigenvalue weighted by atomic mass is 9.94. The van der Waals surface area contributed by atoms with Crippen molar-refractivity contribution in [3.8, 4) is 17.3 Å². The maximum absolute atomic E-state index is 14.1. The number of halogens is 24. The van der Waals surface area contributed by atoms with E-state index < -0.39 is 103 Å². The van der Waals surface area contributed by atoms with Crippen molar-refractivity contribution in [2.24, 2.45) is 0 Å². The maximum Gasteiger partial charge on any atom is 0.460 e. The Balaban J connectivity index is 2.47. The first kappa shape index (κ1) is 45.5. The zero-order chi connectivity index (χ0) is 41.9. The zero-order valence-electron chi connectivity index (χ0n) is 24.8. The Kier molecular flexibility index (Phi) is 11.7. The highest BCUT2D eigenvalue weighted by atomic mass is 19.4. The zero-order valence-corrected chi connectivity index (χ0v) is 24.8.